The number of fused-ring (bicyclic) bond motifs is 5. The van der Waals surface area contributed by atoms with Gasteiger partial charge in [-0.2, -0.15) is 26.3 Å². The monoisotopic (exact) mass is 454 g/mol. The van der Waals surface area contributed by atoms with Gasteiger partial charge in [0.2, 0.25) is 11.5 Å². The van der Waals surface area contributed by atoms with Crippen LogP contribution in [0.5, 0.6) is 5.88 Å². The van der Waals surface area contributed by atoms with Gasteiger partial charge in [0.25, 0.3) is 11.8 Å². The molecule has 1 aliphatic rings. The number of alkyl halides is 6. The van der Waals surface area contributed by atoms with E-state index in [1.165, 1.54) is 13.8 Å². The summed E-state index contributed by atoms with van der Waals surface area (Å²) in [6.45, 7) is 2.72. The van der Waals surface area contributed by atoms with E-state index in [4.69, 9.17) is 14.9 Å². The Morgan fingerprint density at radius 1 is 1.10 bits per heavy atom. The Kier molecular flexibility index (Phi) is 5.84. The molecular weight excluding hydrogens is 434 g/mol. The van der Waals surface area contributed by atoms with E-state index >= 15 is 0 Å². The summed E-state index contributed by atoms with van der Waals surface area (Å²) in [5.41, 5.74) is -0.0805. The molecule has 3 heterocycles. The quantitative estimate of drug-likeness (QED) is 0.566. The summed E-state index contributed by atoms with van der Waals surface area (Å²) in [7, 11) is 0. The molecule has 0 aromatic carbocycles. The second kappa shape index (κ2) is 7.84. The highest BCUT2D eigenvalue weighted by Crippen LogP contribution is 2.47. The van der Waals surface area contributed by atoms with Crippen molar-refractivity contribution in [2.45, 2.75) is 63.6 Å². The van der Waals surface area contributed by atoms with E-state index in [0.29, 0.717) is 12.5 Å². The fourth-order valence-electron chi connectivity index (χ4n) is 3.40. The number of nitrogen functional groups attached to an aromatic ring is 1. The van der Waals surface area contributed by atoms with Gasteiger partial charge in [0.05, 0.1) is 11.8 Å². The lowest BCUT2D eigenvalue weighted by Crippen LogP contribution is -2.48. The van der Waals surface area contributed by atoms with Crippen LogP contribution in [0.4, 0.5) is 32.0 Å². The molecule has 1 aliphatic heterocycles. The van der Waals surface area contributed by atoms with E-state index in [0.717, 1.165) is 0 Å². The first-order valence-corrected chi connectivity index (χ1v) is 9.43. The van der Waals surface area contributed by atoms with Crippen molar-refractivity contribution in [1.82, 2.24) is 15.2 Å². The Bertz CT molecular complexity index is 945. The molecule has 0 spiro atoms. The van der Waals surface area contributed by atoms with Crippen LogP contribution in [0.1, 0.15) is 51.0 Å². The van der Waals surface area contributed by atoms with Gasteiger partial charge < -0.3 is 20.0 Å². The molecule has 13 heteroatoms. The smallest absolute Gasteiger partial charge is 0.426 e. The lowest BCUT2D eigenvalue weighted by Gasteiger charge is -2.32. The van der Waals surface area contributed by atoms with Crippen LogP contribution in [-0.4, -0.2) is 32.6 Å². The van der Waals surface area contributed by atoms with E-state index in [9.17, 15) is 31.4 Å². The lowest BCUT2D eigenvalue weighted by atomic mass is 9.84. The molecule has 0 radical (unpaired) electrons. The average Bonchev–Trinajstić information content (AvgIpc) is 3.13. The van der Waals surface area contributed by atoms with Crippen molar-refractivity contribution in [3.05, 3.63) is 17.5 Å². The van der Waals surface area contributed by atoms with Gasteiger partial charge in [0.15, 0.2) is 5.69 Å². The van der Waals surface area contributed by atoms with Crippen molar-refractivity contribution in [3.63, 3.8) is 0 Å². The molecule has 0 aliphatic carbocycles. The van der Waals surface area contributed by atoms with E-state index in [1.54, 1.807) is 0 Å². The Balaban J connectivity index is 2.21. The van der Waals surface area contributed by atoms with Crippen LogP contribution in [0.2, 0.25) is 0 Å². The van der Waals surface area contributed by atoms with Crippen LogP contribution in [0.25, 0.3) is 11.6 Å². The van der Waals surface area contributed by atoms with Crippen molar-refractivity contribution in [1.29, 1.82) is 0 Å². The van der Waals surface area contributed by atoms with Crippen LogP contribution >= 0.6 is 0 Å². The van der Waals surface area contributed by atoms with Crippen molar-refractivity contribution in [2.75, 3.05) is 5.73 Å². The van der Waals surface area contributed by atoms with Crippen LogP contribution in [0, 0.1) is 5.92 Å². The Labute approximate surface area is 172 Å². The number of halogens is 6. The standard InChI is InChI=1S/C18H20F6N4O3/c1-8-5-3-4-6-9(2)30-13-10(17(19,20)21)7-11(25)12(26-13)14-27-28-15(31-14)16(8,29)18(22,23)24/h7-9,29H,3-6,25H2,1-2H3/t8?,9-,16-/m1/s1. The molecule has 3 rings (SSSR count). The SMILES string of the molecule is CC1CCCC[C@@H](C)Oc2nc(c(N)cc2C(F)(F)F)-c2nnc(o2)[C@@]1(O)C(F)(F)F. The first-order chi connectivity index (χ1) is 14.2. The van der Waals surface area contributed by atoms with Crippen molar-refractivity contribution < 1.29 is 40.6 Å². The number of nitrogens with zero attached hydrogens (tertiary/aromatic N) is 3. The van der Waals surface area contributed by atoms with Crippen molar-refractivity contribution in [3.8, 4) is 17.5 Å². The van der Waals surface area contributed by atoms with Crippen LogP contribution in [0.3, 0.4) is 0 Å². The molecule has 31 heavy (non-hydrogen) atoms. The number of hydrogen-bond acceptors (Lipinski definition) is 7. The summed E-state index contributed by atoms with van der Waals surface area (Å²) in [6, 6.07) is 0.540. The molecule has 7 nitrogen and oxygen atoms in total. The molecule has 2 aromatic rings. The second-order valence-corrected chi connectivity index (χ2v) is 7.57. The fourth-order valence-corrected chi connectivity index (χ4v) is 3.40. The topological polar surface area (TPSA) is 107 Å². The second-order valence-electron chi connectivity index (χ2n) is 7.57. The van der Waals surface area contributed by atoms with Gasteiger partial charge in [-0.05, 0) is 32.3 Å². The maximum Gasteiger partial charge on any atom is 0.426 e. The normalized spacial score (nSPS) is 25.6. The van der Waals surface area contributed by atoms with Gasteiger partial charge >= 0.3 is 12.4 Å². The van der Waals surface area contributed by atoms with Crippen LogP contribution < -0.4 is 10.5 Å². The zero-order valence-electron chi connectivity index (χ0n) is 16.5. The molecule has 0 saturated heterocycles. The third-order valence-corrected chi connectivity index (χ3v) is 5.23. The van der Waals surface area contributed by atoms with Crippen LogP contribution in [-0.2, 0) is 11.8 Å². The van der Waals surface area contributed by atoms with Crippen molar-refractivity contribution >= 4 is 5.69 Å². The molecule has 172 valence electrons. The molecule has 1 unspecified atom stereocenters. The van der Waals surface area contributed by atoms with E-state index in [1.807, 2.05) is 0 Å². The number of anilines is 1. The number of aromatic nitrogens is 3. The highest BCUT2D eigenvalue weighted by Gasteiger charge is 2.62. The summed E-state index contributed by atoms with van der Waals surface area (Å²) >= 11 is 0. The Hall–Kier alpha value is -2.57. The minimum absolute atomic E-state index is 0.0556. The Morgan fingerprint density at radius 3 is 2.35 bits per heavy atom. The van der Waals surface area contributed by atoms with Gasteiger partial charge in [-0.3, -0.25) is 0 Å². The molecule has 3 atom stereocenters. The third-order valence-electron chi connectivity index (χ3n) is 5.23. The summed E-state index contributed by atoms with van der Waals surface area (Å²) in [6.07, 6.45) is -9.91. The predicted octanol–water partition coefficient (Wildman–Crippen LogP) is 4.46. The van der Waals surface area contributed by atoms with Gasteiger partial charge in [0, 0.05) is 5.92 Å². The third kappa shape index (κ3) is 4.27. The van der Waals surface area contributed by atoms with E-state index < -0.39 is 64.6 Å². The highest BCUT2D eigenvalue weighted by molar-refractivity contribution is 5.68. The highest BCUT2D eigenvalue weighted by atomic mass is 19.4. The first-order valence-electron chi connectivity index (χ1n) is 9.43. The zero-order chi connectivity index (χ0) is 23.2. The maximum atomic E-state index is 13.8. The maximum absolute atomic E-state index is 13.8. The summed E-state index contributed by atoms with van der Waals surface area (Å²) in [4.78, 5) is 3.73. The summed E-state index contributed by atoms with van der Waals surface area (Å²) in [5.74, 6) is -3.96. The van der Waals surface area contributed by atoms with E-state index in [-0.39, 0.29) is 19.3 Å². The molecule has 4 bridgehead atoms. The van der Waals surface area contributed by atoms with Crippen LogP contribution in [0.15, 0.2) is 10.5 Å². The van der Waals surface area contributed by atoms with Gasteiger partial charge in [0.1, 0.15) is 5.56 Å². The van der Waals surface area contributed by atoms with Gasteiger partial charge in [-0.25, -0.2) is 4.98 Å². The summed E-state index contributed by atoms with van der Waals surface area (Å²) in [5, 5.41) is 17.3. The first kappa shape index (κ1) is 23.1. The predicted molar refractivity (Wildman–Crippen MR) is 94.6 cm³/mol. The molecular formula is C18H20F6N4O3. The molecule has 3 N–H and O–H groups in total. The minimum Gasteiger partial charge on any atom is -0.474 e. The van der Waals surface area contributed by atoms with Crippen molar-refractivity contribution in [2.24, 2.45) is 5.92 Å². The van der Waals surface area contributed by atoms with Gasteiger partial charge in [-0.1, -0.05) is 13.3 Å². The molecule has 0 saturated carbocycles. The number of rotatable bonds is 0. The lowest BCUT2D eigenvalue weighted by molar-refractivity contribution is -0.293. The number of nitrogens with two attached hydrogens (primary N) is 1. The summed E-state index contributed by atoms with van der Waals surface area (Å²) < 4.78 is 92.1. The zero-order valence-corrected chi connectivity index (χ0v) is 16.5. The number of aliphatic hydroxyl groups is 1. The molecule has 2 aromatic heterocycles. The molecule has 0 amide bonds. The molecule has 0 fully saturated rings. The number of hydrogen-bond donors (Lipinski definition) is 2. The number of pyridine rings is 1. The fraction of sp³-hybridized carbons (Fsp3) is 0.611. The van der Waals surface area contributed by atoms with E-state index in [2.05, 4.69) is 15.2 Å². The number of ether oxygens (including phenoxy) is 1. The van der Waals surface area contributed by atoms with Gasteiger partial charge in [-0.15, -0.1) is 10.2 Å². The average molecular weight is 454 g/mol. The largest absolute Gasteiger partial charge is 0.474 e. The Morgan fingerprint density at radius 2 is 1.74 bits per heavy atom. The minimum atomic E-state index is -5.14.